The maximum atomic E-state index is 13.5. The van der Waals surface area contributed by atoms with Gasteiger partial charge >= 0.3 is 0 Å². The third-order valence-corrected chi connectivity index (χ3v) is 10.1. The van der Waals surface area contributed by atoms with Crippen molar-refractivity contribution in [2.45, 2.75) is 82.6 Å². The SMILES string of the molecule is O=C(c1ccc(CN2CCC3(CC2)CN(C2CCCCC2)Cc2ccccc23)cc1)N(Cc1ncc[nH]1)Cc1ncc[nH]1. The van der Waals surface area contributed by atoms with Gasteiger partial charge in [0.15, 0.2) is 0 Å². The lowest BCUT2D eigenvalue weighted by atomic mass is 9.68. The summed E-state index contributed by atoms with van der Waals surface area (Å²) in [6.45, 7) is 6.25. The minimum atomic E-state index is -0.0299. The molecular formula is C35H43N7O. The summed E-state index contributed by atoms with van der Waals surface area (Å²) in [6.07, 6.45) is 16.3. The van der Waals surface area contributed by atoms with Gasteiger partial charge in [0.05, 0.1) is 13.1 Å². The van der Waals surface area contributed by atoms with Gasteiger partial charge in [-0.25, -0.2) is 9.97 Å². The van der Waals surface area contributed by atoms with Crippen LogP contribution < -0.4 is 0 Å². The lowest BCUT2D eigenvalue weighted by molar-refractivity contribution is 0.0580. The molecule has 0 atom stereocenters. The van der Waals surface area contributed by atoms with Crippen molar-refractivity contribution in [2.24, 2.45) is 0 Å². The molecule has 1 saturated heterocycles. The van der Waals surface area contributed by atoms with Crippen LogP contribution in [0, 0.1) is 0 Å². The van der Waals surface area contributed by atoms with E-state index in [1.165, 1.54) is 57.1 Å². The fourth-order valence-electron chi connectivity index (χ4n) is 7.72. The van der Waals surface area contributed by atoms with E-state index in [0.29, 0.717) is 18.7 Å². The lowest BCUT2D eigenvalue weighted by Crippen LogP contribution is -2.54. The van der Waals surface area contributed by atoms with Crippen molar-refractivity contribution >= 4 is 5.91 Å². The van der Waals surface area contributed by atoms with Crippen LogP contribution in [0.15, 0.2) is 73.3 Å². The zero-order chi connectivity index (χ0) is 29.1. The number of aromatic nitrogens is 4. The fourth-order valence-corrected chi connectivity index (χ4v) is 7.72. The number of hydrogen-bond acceptors (Lipinski definition) is 5. The normalized spacial score (nSPS) is 19.3. The summed E-state index contributed by atoms with van der Waals surface area (Å²) < 4.78 is 0. The van der Waals surface area contributed by atoms with Gasteiger partial charge in [0.2, 0.25) is 0 Å². The van der Waals surface area contributed by atoms with Crippen molar-refractivity contribution in [1.29, 1.82) is 0 Å². The number of H-pyrrole nitrogens is 2. The molecule has 43 heavy (non-hydrogen) atoms. The molecule has 2 aromatic heterocycles. The van der Waals surface area contributed by atoms with E-state index in [1.807, 2.05) is 12.1 Å². The summed E-state index contributed by atoms with van der Waals surface area (Å²) >= 11 is 0. The van der Waals surface area contributed by atoms with E-state index in [-0.39, 0.29) is 11.3 Å². The molecule has 2 aliphatic heterocycles. The van der Waals surface area contributed by atoms with Gasteiger partial charge in [-0.05, 0) is 67.6 Å². The van der Waals surface area contributed by atoms with Gasteiger partial charge in [-0.3, -0.25) is 14.6 Å². The zero-order valence-electron chi connectivity index (χ0n) is 25.0. The van der Waals surface area contributed by atoms with Crippen molar-refractivity contribution < 1.29 is 4.79 Å². The molecule has 3 aliphatic rings. The Balaban J connectivity index is 1.00. The summed E-state index contributed by atoms with van der Waals surface area (Å²) in [6, 6.07) is 18.2. The van der Waals surface area contributed by atoms with Crippen LogP contribution in [-0.2, 0) is 31.6 Å². The number of aromatic amines is 2. The fraction of sp³-hybridized carbons (Fsp3) is 0.457. The Bertz CT molecular complexity index is 1430. The Labute approximate surface area is 254 Å². The highest BCUT2D eigenvalue weighted by Crippen LogP contribution is 2.43. The van der Waals surface area contributed by atoms with Crippen molar-refractivity contribution in [1.82, 2.24) is 34.6 Å². The van der Waals surface area contributed by atoms with Gasteiger partial charge in [-0.15, -0.1) is 0 Å². The maximum Gasteiger partial charge on any atom is 0.254 e. The molecule has 1 aliphatic carbocycles. The minimum Gasteiger partial charge on any atom is -0.347 e. The standard InChI is InChI=1S/C35H43N7O/c43-34(41(24-32-36-16-17-37-32)25-33-38-18-19-39-33)28-12-10-27(11-13-28)22-40-20-14-35(15-21-40)26-42(30-7-2-1-3-8-30)23-29-6-4-5-9-31(29)35/h4-6,9-13,16-19,30H,1-3,7-8,14-15,20-26H2,(H,36,37)(H,38,39). The molecule has 1 amide bonds. The lowest BCUT2D eigenvalue weighted by Gasteiger charge is -2.51. The summed E-state index contributed by atoms with van der Waals surface area (Å²) in [4.78, 5) is 35.6. The first-order valence-corrected chi connectivity index (χ1v) is 16.0. The number of carbonyl (C=O) groups is 1. The highest BCUT2D eigenvalue weighted by molar-refractivity contribution is 5.94. The summed E-state index contributed by atoms with van der Waals surface area (Å²) in [5, 5.41) is 0. The first-order valence-electron chi connectivity index (χ1n) is 16.0. The van der Waals surface area contributed by atoms with E-state index in [4.69, 9.17) is 0 Å². The molecule has 0 unspecified atom stereocenters. The number of benzene rings is 2. The Hall–Kier alpha value is -3.75. The molecule has 0 bridgehead atoms. The molecule has 2 aromatic carbocycles. The molecule has 1 spiro atoms. The summed E-state index contributed by atoms with van der Waals surface area (Å²) in [5.41, 5.74) is 5.37. The van der Waals surface area contributed by atoms with Crippen molar-refractivity contribution in [2.75, 3.05) is 19.6 Å². The van der Waals surface area contributed by atoms with Crippen molar-refractivity contribution in [3.8, 4) is 0 Å². The molecule has 224 valence electrons. The molecule has 2 N–H and O–H groups in total. The first-order chi connectivity index (χ1) is 21.1. The van der Waals surface area contributed by atoms with Crippen molar-refractivity contribution in [3.05, 3.63) is 107 Å². The number of rotatable bonds is 8. The first kappa shape index (κ1) is 28.0. The van der Waals surface area contributed by atoms with Crippen molar-refractivity contribution in [3.63, 3.8) is 0 Å². The van der Waals surface area contributed by atoms with Gasteiger partial charge in [-0.1, -0.05) is 55.7 Å². The number of imidazole rings is 2. The second kappa shape index (κ2) is 12.5. The highest BCUT2D eigenvalue weighted by Gasteiger charge is 2.43. The second-order valence-corrected chi connectivity index (χ2v) is 12.8. The predicted molar refractivity (Wildman–Crippen MR) is 167 cm³/mol. The molecule has 4 aromatic rings. The predicted octanol–water partition coefficient (Wildman–Crippen LogP) is 5.66. The van der Waals surface area contributed by atoms with Crippen LogP contribution in [0.3, 0.4) is 0 Å². The highest BCUT2D eigenvalue weighted by atomic mass is 16.2. The van der Waals surface area contributed by atoms with E-state index in [1.54, 1.807) is 40.8 Å². The van der Waals surface area contributed by atoms with Gasteiger partial charge in [0.1, 0.15) is 11.6 Å². The molecule has 7 rings (SSSR count). The van der Waals surface area contributed by atoms with E-state index in [0.717, 1.165) is 43.9 Å². The van der Waals surface area contributed by atoms with Gasteiger partial charge in [0, 0.05) is 61.4 Å². The quantitative estimate of drug-likeness (QED) is 0.283. The number of piperidine rings is 1. The Morgan fingerprint density at radius 3 is 2.21 bits per heavy atom. The molecule has 0 radical (unpaired) electrons. The third-order valence-electron chi connectivity index (χ3n) is 10.1. The van der Waals surface area contributed by atoms with Gasteiger partial charge in [0.25, 0.3) is 5.91 Å². The van der Waals surface area contributed by atoms with E-state index >= 15 is 0 Å². The van der Waals surface area contributed by atoms with Gasteiger partial charge in [-0.2, -0.15) is 0 Å². The smallest absolute Gasteiger partial charge is 0.254 e. The van der Waals surface area contributed by atoms with E-state index < -0.39 is 0 Å². The number of hydrogen-bond donors (Lipinski definition) is 2. The molecule has 8 nitrogen and oxygen atoms in total. The topological polar surface area (TPSA) is 84.2 Å². The monoisotopic (exact) mass is 577 g/mol. The second-order valence-electron chi connectivity index (χ2n) is 12.8. The van der Waals surface area contributed by atoms with E-state index in [2.05, 4.69) is 66.1 Å². The average molecular weight is 578 g/mol. The Morgan fingerprint density at radius 2 is 1.56 bits per heavy atom. The molecule has 1 saturated carbocycles. The number of nitrogens with one attached hydrogen (secondary N) is 2. The minimum absolute atomic E-state index is 0.0299. The van der Waals surface area contributed by atoms with Crippen LogP contribution in [0.1, 0.15) is 83.6 Å². The van der Waals surface area contributed by atoms with Crippen LogP contribution >= 0.6 is 0 Å². The number of likely N-dealkylation sites (tertiary alicyclic amines) is 1. The van der Waals surface area contributed by atoms with Gasteiger partial charge < -0.3 is 14.9 Å². The largest absolute Gasteiger partial charge is 0.347 e. The number of nitrogens with zero attached hydrogens (tertiary/aromatic N) is 5. The van der Waals surface area contributed by atoms with E-state index in [9.17, 15) is 4.79 Å². The Morgan fingerprint density at radius 1 is 0.884 bits per heavy atom. The van der Waals surface area contributed by atoms with Crippen LogP contribution in [0.25, 0.3) is 0 Å². The Kier molecular flexibility index (Phi) is 8.13. The number of amides is 1. The maximum absolute atomic E-state index is 13.5. The average Bonchev–Trinajstić information content (AvgIpc) is 3.77. The summed E-state index contributed by atoms with van der Waals surface area (Å²) in [5.74, 6) is 1.47. The molecule has 4 heterocycles. The van der Waals surface area contributed by atoms with Crippen LogP contribution in [-0.4, -0.2) is 66.2 Å². The third kappa shape index (κ3) is 6.17. The van der Waals surface area contributed by atoms with Crippen LogP contribution in [0.4, 0.5) is 0 Å². The summed E-state index contributed by atoms with van der Waals surface area (Å²) in [7, 11) is 0. The number of carbonyl (C=O) groups excluding carboxylic acids is 1. The number of fused-ring (bicyclic) bond motifs is 2. The zero-order valence-corrected chi connectivity index (χ0v) is 25.0. The van der Waals surface area contributed by atoms with Crippen LogP contribution in [0.5, 0.6) is 0 Å². The van der Waals surface area contributed by atoms with Crippen LogP contribution in [0.2, 0.25) is 0 Å². The molecule has 2 fully saturated rings. The molecule has 8 heteroatoms. The molecular weight excluding hydrogens is 534 g/mol.